The van der Waals surface area contributed by atoms with Gasteiger partial charge in [0, 0.05) is 17.4 Å². The molecule has 0 radical (unpaired) electrons. The molecule has 0 aliphatic carbocycles. The molecule has 0 unspecified atom stereocenters. The lowest BCUT2D eigenvalue weighted by Crippen LogP contribution is -2.43. The van der Waals surface area contributed by atoms with Crippen LogP contribution < -0.4 is 16.6 Å². The van der Waals surface area contributed by atoms with Crippen molar-refractivity contribution in [1.82, 2.24) is 9.88 Å². The number of nitrogens with two attached hydrogens (primary N) is 1. The third kappa shape index (κ3) is 4.22. The highest BCUT2D eigenvalue weighted by molar-refractivity contribution is 9.10. The molecule has 5 nitrogen and oxygen atoms in total. The number of carbonyl (C=O) groups is 1. The Hall–Kier alpha value is -1.30. The van der Waals surface area contributed by atoms with Gasteiger partial charge in [-0.1, -0.05) is 0 Å². The molecule has 94 valence electrons. The van der Waals surface area contributed by atoms with Crippen LogP contribution in [0.3, 0.4) is 0 Å². The highest BCUT2D eigenvalue weighted by Gasteiger charge is 2.14. The van der Waals surface area contributed by atoms with E-state index in [0.29, 0.717) is 10.2 Å². The molecule has 1 aromatic rings. The number of pyridine rings is 1. The van der Waals surface area contributed by atoms with Crippen LogP contribution in [0.25, 0.3) is 0 Å². The maximum Gasteiger partial charge on any atom is 0.265 e. The van der Waals surface area contributed by atoms with Gasteiger partial charge in [0.25, 0.3) is 5.56 Å². The molecule has 0 fully saturated rings. The van der Waals surface area contributed by atoms with E-state index in [1.807, 2.05) is 20.8 Å². The summed E-state index contributed by atoms with van der Waals surface area (Å²) in [5.74, 6) is -0.225. The van der Waals surface area contributed by atoms with Crippen LogP contribution in [0.1, 0.15) is 20.8 Å². The normalized spacial score (nSPS) is 11.3. The summed E-state index contributed by atoms with van der Waals surface area (Å²) in [4.78, 5) is 23.4. The lowest BCUT2D eigenvalue weighted by atomic mass is 10.1. The second kappa shape index (κ2) is 4.91. The quantitative estimate of drug-likeness (QED) is 0.859. The van der Waals surface area contributed by atoms with Crippen LogP contribution in [0, 0.1) is 0 Å². The van der Waals surface area contributed by atoms with Gasteiger partial charge in [-0.05, 0) is 42.8 Å². The van der Waals surface area contributed by atoms with Gasteiger partial charge in [-0.15, -0.1) is 0 Å². The summed E-state index contributed by atoms with van der Waals surface area (Å²) in [6.45, 7) is 5.59. The van der Waals surface area contributed by atoms with Crippen LogP contribution in [-0.2, 0) is 11.3 Å². The molecule has 17 heavy (non-hydrogen) atoms. The number of hydrogen-bond donors (Lipinski definition) is 2. The van der Waals surface area contributed by atoms with Crippen molar-refractivity contribution >= 4 is 27.5 Å². The van der Waals surface area contributed by atoms with Crippen LogP contribution >= 0.6 is 15.9 Å². The summed E-state index contributed by atoms with van der Waals surface area (Å²) in [6, 6.07) is 1.51. The number of amides is 1. The van der Waals surface area contributed by atoms with Crippen LogP contribution in [0.4, 0.5) is 5.69 Å². The predicted molar refractivity (Wildman–Crippen MR) is 70.7 cm³/mol. The van der Waals surface area contributed by atoms with Crippen molar-refractivity contribution in [1.29, 1.82) is 0 Å². The molecule has 0 atom stereocenters. The van der Waals surface area contributed by atoms with E-state index in [9.17, 15) is 9.59 Å². The molecule has 0 spiro atoms. The zero-order valence-electron chi connectivity index (χ0n) is 10.1. The van der Waals surface area contributed by atoms with Gasteiger partial charge in [-0.25, -0.2) is 0 Å². The van der Waals surface area contributed by atoms with Gasteiger partial charge in [-0.3, -0.25) is 9.59 Å². The topological polar surface area (TPSA) is 77.1 Å². The van der Waals surface area contributed by atoms with Crippen molar-refractivity contribution < 1.29 is 4.79 Å². The van der Waals surface area contributed by atoms with Gasteiger partial charge in [-0.2, -0.15) is 0 Å². The Morgan fingerprint density at radius 3 is 2.65 bits per heavy atom. The van der Waals surface area contributed by atoms with E-state index in [0.717, 1.165) is 0 Å². The average Bonchev–Trinajstić information content (AvgIpc) is 2.10. The molecule has 1 aromatic heterocycles. The lowest BCUT2D eigenvalue weighted by molar-refractivity contribution is -0.123. The fraction of sp³-hybridized carbons (Fsp3) is 0.455. The van der Waals surface area contributed by atoms with E-state index in [2.05, 4.69) is 21.2 Å². The summed E-state index contributed by atoms with van der Waals surface area (Å²) in [5.41, 5.74) is 5.44. The second-order valence-corrected chi connectivity index (χ2v) is 5.71. The number of aromatic nitrogens is 1. The molecular weight excluding hydrogens is 286 g/mol. The first-order valence-corrected chi connectivity index (χ1v) is 5.95. The zero-order chi connectivity index (χ0) is 13.2. The minimum atomic E-state index is -0.321. The first-order chi connectivity index (χ1) is 7.69. The zero-order valence-corrected chi connectivity index (χ0v) is 11.7. The van der Waals surface area contributed by atoms with Gasteiger partial charge in [0.1, 0.15) is 6.54 Å². The maximum atomic E-state index is 11.7. The van der Waals surface area contributed by atoms with Crippen LogP contribution in [0.15, 0.2) is 21.5 Å². The van der Waals surface area contributed by atoms with Crippen molar-refractivity contribution in [3.05, 3.63) is 27.1 Å². The van der Waals surface area contributed by atoms with E-state index in [1.165, 1.54) is 16.8 Å². The Labute approximate surface area is 108 Å². The largest absolute Gasteiger partial charge is 0.398 e. The number of hydrogen-bond acceptors (Lipinski definition) is 3. The molecule has 0 aromatic carbocycles. The van der Waals surface area contributed by atoms with Gasteiger partial charge in [0.05, 0.1) is 4.47 Å². The Balaban J connectivity index is 2.89. The molecular formula is C11H16BrN3O2. The highest BCUT2D eigenvalue weighted by atomic mass is 79.9. The van der Waals surface area contributed by atoms with E-state index in [4.69, 9.17) is 5.73 Å². The first-order valence-electron chi connectivity index (χ1n) is 5.15. The van der Waals surface area contributed by atoms with E-state index >= 15 is 0 Å². The number of nitrogens with one attached hydrogen (secondary N) is 1. The number of rotatable bonds is 2. The Morgan fingerprint density at radius 2 is 2.12 bits per heavy atom. The van der Waals surface area contributed by atoms with Crippen molar-refractivity contribution in [2.75, 3.05) is 5.73 Å². The summed E-state index contributed by atoms with van der Waals surface area (Å²) in [6.07, 6.45) is 1.45. The highest BCUT2D eigenvalue weighted by Crippen LogP contribution is 2.08. The van der Waals surface area contributed by atoms with Crippen molar-refractivity contribution in [3.8, 4) is 0 Å². The molecule has 0 aliphatic rings. The number of halogens is 1. The smallest absolute Gasteiger partial charge is 0.265 e. The summed E-state index contributed by atoms with van der Waals surface area (Å²) >= 11 is 3.10. The molecule has 0 saturated heterocycles. The average molecular weight is 302 g/mol. The third-order valence-corrected chi connectivity index (χ3v) is 2.46. The van der Waals surface area contributed by atoms with Gasteiger partial charge < -0.3 is 15.6 Å². The van der Waals surface area contributed by atoms with Crippen molar-refractivity contribution in [2.24, 2.45) is 0 Å². The molecule has 3 N–H and O–H groups in total. The summed E-state index contributed by atoms with van der Waals surface area (Å²) in [5, 5.41) is 2.78. The molecule has 6 heteroatoms. The molecule has 0 aliphatic heterocycles. The molecule has 1 heterocycles. The fourth-order valence-corrected chi connectivity index (χ4v) is 1.84. The van der Waals surface area contributed by atoms with E-state index in [1.54, 1.807) is 0 Å². The van der Waals surface area contributed by atoms with E-state index in [-0.39, 0.29) is 23.6 Å². The standard InChI is InChI=1S/C11H16BrN3O2/c1-11(2,3)14-9(16)6-15-5-7(13)4-8(12)10(15)17/h4-5H,6,13H2,1-3H3,(H,14,16). The number of anilines is 1. The summed E-state index contributed by atoms with van der Waals surface area (Å²) < 4.78 is 1.63. The SMILES string of the molecule is CC(C)(C)NC(=O)Cn1cc(N)cc(Br)c1=O. The number of carbonyl (C=O) groups excluding carboxylic acids is 1. The predicted octanol–water partition coefficient (Wildman–Crippen LogP) is 1.11. The van der Waals surface area contributed by atoms with Crippen LogP contribution in [0.5, 0.6) is 0 Å². The molecule has 1 rings (SSSR count). The van der Waals surface area contributed by atoms with Crippen molar-refractivity contribution in [2.45, 2.75) is 32.9 Å². The number of nitrogen functional groups attached to an aromatic ring is 1. The molecule has 1 amide bonds. The summed E-state index contributed by atoms with van der Waals surface area (Å²) in [7, 11) is 0. The van der Waals surface area contributed by atoms with Gasteiger partial charge in [0.15, 0.2) is 0 Å². The number of nitrogens with zero attached hydrogens (tertiary/aromatic N) is 1. The monoisotopic (exact) mass is 301 g/mol. The second-order valence-electron chi connectivity index (χ2n) is 4.85. The minimum Gasteiger partial charge on any atom is -0.398 e. The van der Waals surface area contributed by atoms with Crippen LogP contribution in [0.2, 0.25) is 0 Å². The van der Waals surface area contributed by atoms with Crippen LogP contribution in [-0.4, -0.2) is 16.0 Å². The third-order valence-electron chi connectivity index (χ3n) is 1.89. The lowest BCUT2D eigenvalue weighted by Gasteiger charge is -2.20. The Bertz CT molecular complexity index is 488. The van der Waals surface area contributed by atoms with E-state index < -0.39 is 0 Å². The Morgan fingerprint density at radius 1 is 1.53 bits per heavy atom. The minimum absolute atomic E-state index is 0.0419. The molecule has 0 saturated carbocycles. The van der Waals surface area contributed by atoms with Gasteiger partial charge >= 0.3 is 0 Å². The maximum absolute atomic E-state index is 11.7. The fourth-order valence-electron chi connectivity index (χ4n) is 1.35. The molecule has 0 bridgehead atoms. The Kier molecular flexibility index (Phi) is 3.98. The van der Waals surface area contributed by atoms with Gasteiger partial charge in [0.2, 0.25) is 5.91 Å². The first kappa shape index (κ1) is 13.8. The van der Waals surface area contributed by atoms with Crippen molar-refractivity contribution in [3.63, 3.8) is 0 Å².